The number of anilines is 2. The molecule has 1 saturated heterocycles. The molecule has 2 N–H and O–H groups in total. The number of benzene rings is 2. The molecule has 0 spiro atoms. The summed E-state index contributed by atoms with van der Waals surface area (Å²) in [4.78, 5) is 49.1. The van der Waals surface area contributed by atoms with Gasteiger partial charge in [0.15, 0.2) is 0 Å². The first-order chi connectivity index (χ1) is 13.5. The van der Waals surface area contributed by atoms with Crippen LogP contribution in [0.2, 0.25) is 0 Å². The van der Waals surface area contributed by atoms with E-state index in [1.807, 2.05) is 0 Å². The molecule has 1 aliphatic rings. The molecule has 0 aliphatic carbocycles. The van der Waals surface area contributed by atoms with Gasteiger partial charge >= 0.3 is 0 Å². The Morgan fingerprint density at radius 1 is 1.04 bits per heavy atom. The average molecular weight is 375 g/mol. The van der Waals surface area contributed by atoms with Crippen LogP contribution in [0.4, 0.5) is 11.4 Å². The molecule has 140 valence electrons. The fraction of sp³-hybridized carbons (Fsp3) is 0.143. The van der Waals surface area contributed by atoms with Crippen LogP contribution in [0.1, 0.15) is 28.8 Å². The van der Waals surface area contributed by atoms with Crippen LogP contribution in [-0.4, -0.2) is 30.2 Å². The Labute approximate surface area is 161 Å². The number of amides is 4. The van der Waals surface area contributed by atoms with E-state index in [0.29, 0.717) is 16.9 Å². The zero-order valence-corrected chi connectivity index (χ0v) is 14.9. The van der Waals surface area contributed by atoms with Crippen LogP contribution in [0.15, 0.2) is 48.5 Å². The van der Waals surface area contributed by atoms with E-state index >= 15 is 0 Å². The molecule has 1 fully saturated rings. The Morgan fingerprint density at radius 2 is 1.75 bits per heavy atom. The van der Waals surface area contributed by atoms with Crippen LogP contribution < -0.4 is 15.5 Å². The molecule has 0 radical (unpaired) electrons. The molecule has 7 nitrogen and oxygen atoms in total. The van der Waals surface area contributed by atoms with Crippen LogP contribution in [0.5, 0.6) is 0 Å². The first-order valence-corrected chi connectivity index (χ1v) is 8.58. The maximum absolute atomic E-state index is 12.3. The maximum atomic E-state index is 12.3. The molecule has 2 aromatic rings. The lowest BCUT2D eigenvalue weighted by molar-refractivity contribution is -0.121. The van der Waals surface area contributed by atoms with E-state index in [-0.39, 0.29) is 36.8 Å². The van der Waals surface area contributed by atoms with Crippen molar-refractivity contribution in [1.82, 2.24) is 5.32 Å². The minimum Gasteiger partial charge on any atom is -0.343 e. The molecule has 3 rings (SSSR count). The molecule has 0 unspecified atom stereocenters. The van der Waals surface area contributed by atoms with Gasteiger partial charge in [0.2, 0.25) is 17.7 Å². The van der Waals surface area contributed by atoms with Gasteiger partial charge in [0.25, 0.3) is 5.91 Å². The zero-order chi connectivity index (χ0) is 20.1. The Balaban J connectivity index is 1.61. The van der Waals surface area contributed by atoms with Crippen LogP contribution in [0.3, 0.4) is 0 Å². The molecule has 0 aromatic heterocycles. The summed E-state index contributed by atoms with van der Waals surface area (Å²) >= 11 is 0. The van der Waals surface area contributed by atoms with Gasteiger partial charge in [-0.1, -0.05) is 18.1 Å². The molecule has 1 heterocycles. The van der Waals surface area contributed by atoms with Crippen molar-refractivity contribution in [2.75, 3.05) is 16.8 Å². The molecule has 4 amide bonds. The maximum Gasteiger partial charge on any atom is 0.251 e. The molecule has 0 atom stereocenters. The fourth-order valence-corrected chi connectivity index (χ4v) is 2.81. The topological polar surface area (TPSA) is 95.6 Å². The van der Waals surface area contributed by atoms with Crippen LogP contribution >= 0.6 is 0 Å². The summed E-state index contributed by atoms with van der Waals surface area (Å²) in [6, 6.07) is 12.9. The Morgan fingerprint density at radius 3 is 2.46 bits per heavy atom. The highest BCUT2D eigenvalue weighted by Gasteiger charge is 2.30. The van der Waals surface area contributed by atoms with Crippen LogP contribution in [0.25, 0.3) is 0 Å². The van der Waals surface area contributed by atoms with Gasteiger partial charge in [-0.2, -0.15) is 0 Å². The summed E-state index contributed by atoms with van der Waals surface area (Å²) in [6.07, 6.45) is 5.65. The quantitative estimate of drug-likeness (QED) is 0.614. The van der Waals surface area contributed by atoms with E-state index in [4.69, 9.17) is 6.42 Å². The molecule has 7 heteroatoms. The third-order valence-electron chi connectivity index (χ3n) is 4.14. The third-order valence-corrected chi connectivity index (χ3v) is 4.14. The predicted molar refractivity (Wildman–Crippen MR) is 104 cm³/mol. The minimum atomic E-state index is -0.492. The Hall–Kier alpha value is -3.92. The lowest BCUT2D eigenvalue weighted by atomic mass is 10.1. The van der Waals surface area contributed by atoms with Gasteiger partial charge < -0.3 is 10.6 Å². The highest BCUT2D eigenvalue weighted by molar-refractivity contribution is 6.20. The summed E-state index contributed by atoms with van der Waals surface area (Å²) in [5, 5.41) is 5.15. The Kier molecular flexibility index (Phi) is 5.51. The number of terminal acetylenes is 1. The summed E-state index contributed by atoms with van der Waals surface area (Å²) in [6.45, 7) is -0.245. The highest BCUT2D eigenvalue weighted by Crippen LogP contribution is 2.23. The molecule has 2 aromatic carbocycles. The number of nitrogens with zero attached hydrogens (tertiary/aromatic N) is 1. The van der Waals surface area contributed by atoms with Gasteiger partial charge in [-0.05, 0) is 36.4 Å². The largest absolute Gasteiger partial charge is 0.343 e. The van der Waals surface area contributed by atoms with Crippen LogP contribution in [0, 0.1) is 12.3 Å². The SMILES string of the molecule is C#Cc1cccc(NC(=O)CNC(=O)c2cccc(N3C(=O)CCC3=O)c2)c1. The standard InChI is InChI=1S/C21H17N3O4/c1-2-14-5-3-7-16(11-14)23-18(25)13-22-21(28)15-6-4-8-17(12-15)24-19(26)9-10-20(24)27/h1,3-8,11-12H,9-10,13H2,(H,22,28)(H,23,25). The predicted octanol–water partition coefficient (Wildman–Crippen LogP) is 1.69. The molecule has 1 aliphatic heterocycles. The van der Waals surface area contributed by atoms with E-state index < -0.39 is 11.8 Å². The van der Waals surface area contributed by atoms with Crippen molar-refractivity contribution in [3.63, 3.8) is 0 Å². The number of imide groups is 1. The number of hydrogen-bond donors (Lipinski definition) is 2. The second kappa shape index (κ2) is 8.18. The number of nitrogens with one attached hydrogen (secondary N) is 2. The van der Waals surface area contributed by atoms with Crippen molar-refractivity contribution in [2.45, 2.75) is 12.8 Å². The molecule has 28 heavy (non-hydrogen) atoms. The third kappa shape index (κ3) is 4.24. The van der Waals surface area contributed by atoms with Gasteiger partial charge in [-0.25, -0.2) is 0 Å². The second-order valence-corrected chi connectivity index (χ2v) is 6.13. The van der Waals surface area contributed by atoms with Crippen molar-refractivity contribution < 1.29 is 19.2 Å². The zero-order valence-electron chi connectivity index (χ0n) is 14.9. The molecule has 0 bridgehead atoms. The van der Waals surface area contributed by atoms with Crippen molar-refractivity contribution >= 4 is 35.0 Å². The van der Waals surface area contributed by atoms with E-state index in [0.717, 1.165) is 4.90 Å². The summed E-state index contributed by atoms with van der Waals surface area (Å²) < 4.78 is 0. The van der Waals surface area contributed by atoms with Gasteiger partial charge in [0, 0.05) is 29.7 Å². The minimum absolute atomic E-state index is 0.163. The summed E-state index contributed by atoms with van der Waals surface area (Å²) in [5.41, 5.74) is 1.75. The molecular formula is C21H17N3O4. The van der Waals surface area contributed by atoms with Crippen molar-refractivity contribution in [2.24, 2.45) is 0 Å². The van der Waals surface area contributed by atoms with Gasteiger partial charge in [-0.3, -0.25) is 24.1 Å². The molecule has 0 saturated carbocycles. The number of carbonyl (C=O) groups is 4. The Bertz CT molecular complexity index is 991. The summed E-state index contributed by atoms with van der Waals surface area (Å²) in [5.74, 6) is 0.978. The van der Waals surface area contributed by atoms with Crippen molar-refractivity contribution in [3.05, 3.63) is 59.7 Å². The van der Waals surface area contributed by atoms with E-state index in [1.165, 1.54) is 12.1 Å². The summed E-state index contributed by atoms with van der Waals surface area (Å²) in [7, 11) is 0. The monoisotopic (exact) mass is 375 g/mol. The smallest absolute Gasteiger partial charge is 0.251 e. The lowest BCUT2D eigenvalue weighted by Crippen LogP contribution is -2.33. The van der Waals surface area contributed by atoms with E-state index in [2.05, 4.69) is 16.6 Å². The van der Waals surface area contributed by atoms with Gasteiger partial charge in [0.05, 0.1) is 12.2 Å². The number of rotatable bonds is 5. The first kappa shape index (κ1) is 18.9. The normalized spacial score (nSPS) is 13.2. The van der Waals surface area contributed by atoms with Gasteiger partial charge in [0.1, 0.15) is 0 Å². The second-order valence-electron chi connectivity index (χ2n) is 6.13. The molecular weight excluding hydrogens is 358 g/mol. The van der Waals surface area contributed by atoms with Gasteiger partial charge in [-0.15, -0.1) is 6.42 Å². The van der Waals surface area contributed by atoms with Crippen molar-refractivity contribution in [1.29, 1.82) is 0 Å². The average Bonchev–Trinajstić information content (AvgIpc) is 3.04. The van der Waals surface area contributed by atoms with Crippen molar-refractivity contribution in [3.8, 4) is 12.3 Å². The number of hydrogen-bond acceptors (Lipinski definition) is 4. The highest BCUT2D eigenvalue weighted by atomic mass is 16.2. The fourth-order valence-electron chi connectivity index (χ4n) is 2.81. The first-order valence-electron chi connectivity index (χ1n) is 8.58. The van der Waals surface area contributed by atoms with E-state index in [1.54, 1.807) is 36.4 Å². The lowest BCUT2D eigenvalue weighted by Gasteiger charge is -2.14. The van der Waals surface area contributed by atoms with E-state index in [9.17, 15) is 19.2 Å². The van der Waals surface area contributed by atoms with Crippen LogP contribution in [-0.2, 0) is 14.4 Å². The number of carbonyl (C=O) groups excluding carboxylic acids is 4.